The predicted molar refractivity (Wildman–Crippen MR) is 111 cm³/mol. The number of carboxylic acid groups (broad SMARTS) is 1. The monoisotopic (exact) mass is 443 g/mol. The molecule has 0 atom stereocenters. The highest BCUT2D eigenvalue weighted by Crippen LogP contribution is 2.29. The van der Waals surface area contributed by atoms with Crippen LogP contribution < -0.4 is 30.9 Å². The highest BCUT2D eigenvalue weighted by atomic mass is 35.5. The lowest BCUT2D eigenvalue weighted by atomic mass is 10.1. The van der Waals surface area contributed by atoms with Crippen molar-refractivity contribution >= 4 is 51.8 Å². The fourth-order valence-corrected chi connectivity index (χ4v) is 3.93. The molecule has 0 aliphatic carbocycles. The van der Waals surface area contributed by atoms with Crippen molar-refractivity contribution in [2.75, 3.05) is 7.11 Å². The average molecular weight is 444 g/mol. The molecule has 4 aromatic rings. The van der Waals surface area contributed by atoms with Crippen LogP contribution in [0.2, 0.25) is 5.02 Å². The van der Waals surface area contributed by atoms with E-state index in [1.54, 1.807) is 18.2 Å². The number of nitrogens with one attached hydrogen (secondary N) is 1. The molecule has 0 bridgehead atoms. The second-order valence-corrected chi connectivity index (χ2v) is 7.63. The molecule has 2 aromatic heterocycles. The average Bonchev–Trinajstić information content (AvgIpc) is 3.21. The van der Waals surface area contributed by atoms with E-state index in [-0.39, 0.29) is 21.5 Å². The lowest BCUT2D eigenvalue weighted by Gasteiger charge is -2.08. The van der Waals surface area contributed by atoms with Crippen LogP contribution in [0, 0.1) is 0 Å². The van der Waals surface area contributed by atoms with Gasteiger partial charge in [-0.15, -0.1) is 0 Å². The minimum Gasteiger partial charge on any atom is -0.545 e. The smallest absolute Gasteiger partial charge is 0.396 e. The van der Waals surface area contributed by atoms with Crippen LogP contribution in [-0.4, -0.2) is 22.9 Å². The molecule has 0 radical (unpaired) electrons. The van der Waals surface area contributed by atoms with Gasteiger partial charge in [0.15, 0.2) is 11.3 Å². The van der Waals surface area contributed by atoms with Crippen LogP contribution in [0.3, 0.4) is 0 Å². The van der Waals surface area contributed by atoms with Gasteiger partial charge in [0.1, 0.15) is 0 Å². The van der Waals surface area contributed by atoms with Crippen LogP contribution >= 0.6 is 22.9 Å². The number of carbonyl (C=O) groups excluding carboxylic acids is 1. The first-order valence-electron chi connectivity index (χ1n) is 8.43. The minimum absolute atomic E-state index is 0.000472. The Morgan fingerprint density at radius 3 is 2.80 bits per heavy atom. The number of fused-ring (bicyclic) bond motifs is 1. The maximum Gasteiger partial charge on any atom is 0.396 e. The van der Waals surface area contributed by atoms with Gasteiger partial charge in [-0.25, -0.2) is 9.48 Å². The zero-order valence-electron chi connectivity index (χ0n) is 15.4. The van der Waals surface area contributed by atoms with Gasteiger partial charge in [-0.05, 0) is 42.0 Å². The van der Waals surface area contributed by atoms with Crippen LogP contribution in [0.25, 0.3) is 28.6 Å². The van der Waals surface area contributed by atoms with Crippen molar-refractivity contribution in [1.29, 1.82) is 0 Å². The van der Waals surface area contributed by atoms with Crippen LogP contribution in [-0.2, 0) is 0 Å². The molecule has 8 nitrogen and oxygen atoms in total. The summed E-state index contributed by atoms with van der Waals surface area (Å²) >= 11 is 6.78. The number of carboxylic acids is 1. The molecule has 0 saturated heterocycles. The first-order valence-corrected chi connectivity index (χ1v) is 9.62. The zero-order valence-corrected chi connectivity index (χ0v) is 16.9. The number of methoxy groups -OCH3 is 1. The Kier molecular flexibility index (Phi) is 4.84. The molecule has 2 aromatic carbocycles. The summed E-state index contributed by atoms with van der Waals surface area (Å²) in [5.74, 6) is -1.10. The second kappa shape index (κ2) is 7.36. The molecule has 30 heavy (non-hydrogen) atoms. The molecule has 0 saturated carbocycles. The molecule has 0 spiro atoms. The normalized spacial score (nSPS) is 11.9. The summed E-state index contributed by atoms with van der Waals surface area (Å²) in [7, 11) is 1.45. The van der Waals surface area contributed by atoms with Gasteiger partial charge < -0.3 is 19.1 Å². The molecule has 0 aliphatic rings. The minimum atomic E-state index is -1.46. The van der Waals surface area contributed by atoms with E-state index < -0.39 is 16.5 Å². The van der Waals surface area contributed by atoms with E-state index in [1.165, 1.54) is 25.3 Å². The summed E-state index contributed by atoms with van der Waals surface area (Å²) in [5, 5.41) is 14.6. The molecule has 152 valence electrons. The number of carbonyl (C=O) groups is 1. The molecule has 2 heterocycles. The maximum atomic E-state index is 13.0. The molecular weight excluding hydrogens is 432 g/mol. The van der Waals surface area contributed by atoms with E-state index in [9.17, 15) is 19.5 Å². The van der Waals surface area contributed by atoms with Crippen molar-refractivity contribution in [3.8, 4) is 11.4 Å². The Morgan fingerprint density at radius 2 is 2.10 bits per heavy atom. The Balaban J connectivity index is 1.91. The van der Waals surface area contributed by atoms with E-state index >= 15 is 0 Å². The maximum absolute atomic E-state index is 13.0. The molecular formula is C20H12ClN2O6S-. The quantitative estimate of drug-likeness (QED) is 0.493. The Labute approximate surface area is 176 Å². The van der Waals surface area contributed by atoms with Crippen LogP contribution in [0.1, 0.15) is 15.9 Å². The summed E-state index contributed by atoms with van der Waals surface area (Å²) in [6.07, 6.45) is 1.58. The van der Waals surface area contributed by atoms with Crippen molar-refractivity contribution in [1.82, 2.24) is 9.78 Å². The number of aromatic nitrogens is 2. The van der Waals surface area contributed by atoms with Gasteiger partial charge in [0.25, 0.3) is 5.56 Å². The lowest BCUT2D eigenvalue weighted by Crippen LogP contribution is -2.34. The van der Waals surface area contributed by atoms with E-state index in [1.807, 2.05) is 0 Å². The van der Waals surface area contributed by atoms with Gasteiger partial charge in [0.2, 0.25) is 0 Å². The molecule has 0 aliphatic heterocycles. The highest BCUT2D eigenvalue weighted by molar-refractivity contribution is 7.16. The molecule has 0 fully saturated rings. The lowest BCUT2D eigenvalue weighted by molar-refractivity contribution is -0.255. The number of halogens is 1. The third-order valence-corrected chi connectivity index (χ3v) is 5.49. The number of rotatable bonds is 4. The third-order valence-electron chi connectivity index (χ3n) is 4.39. The van der Waals surface area contributed by atoms with Gasteiger partial charge in [-0.1, -0.05) is 29.5 Å². The standard InChI is InChI=1S/C20H13ClN2O6S/c1-9-12(5-10-6-15(28-2)17-16(7-10)30-20(27)29-17)18(24)23(22-9)11-3-4-14(21)13(8-11)19(25)26/h3-8,22H,1H2,2H3,(H,25,26)/p-1/b12-5+. The van der Waals surface area contributed by atoms with Crippen LogP contribution in [0.15, 0.2) is 44.3 Å². The van der Waals surface area contributed by atoms with Gasteiger partial charge in [-0.2, -0.15) is 0 Å². The largest absolute Gasteiger partial charge is 0.545 e. The second-order valence-electron chi connectivity index (χ2n) is 6.25. The molecule has 1 N–H and O–H groups in total. The summed E-state index contributed by atoms with van der Waals surface area (Å²) < 4.78 is 12.1. The zero-order chi connectivity index (χ0) is 21.6. The summed E-state index contributed by atoms with van der Waals surface area (Å²) in [4.78, 5) is 35.3. The third kappa shape index (κ3) is 3.34. The SMILES string of the molecule is C=c1[nH]n(-c2ccc(Cl)c(C(=O)[O-])c2)c(=O)/c1=C/c1cc(OC)c2oc(=O)sc2c1. The number of nitrogens with zero attached hydrogens (tertiary/aromatic N) is 1. The number of hydrogen-bond donors (Lipinski definition) is 1. The topological polar surface area (TPSA) is 117 Å². The van der Waals surface area contributed by atoms with Crippen molar-refractivity contribution in [2.45, 2.75) is 0 Å². The van der Waals surface area contributed by atoms with E-state index in [0.29, 0.717) is 26.9 Å². The van der Waals surface area contributed by atoms with Crippen LogP contribution in [0.4, 0.5) is 0 Å². The molecule has 0 unspecified atom stereocenters. The summed E-state index contributed by atoms with van der Waals surface area (Å²) in [6.45, 7) is 3.85. The van der Waals surface area contributed by atoms with Gasteiger partial charge in [-0.3, -0.25) is 9.89 Å². The molecule has 10 heteroatoms. The number of H-pyrrole nitrogens is 1. The first kappa shape index (κ1) is 19.7. The van der Waals surface area contributed by atoms with E-state index in [2.05, 4.69) is 11.7 Å². The fraction of sp³-hybridized carbons (Fsp3) is 0.0500. The Bertz CT molecular complexity index is 1540. The van der Waals surface area contributed by atoms with Gasteiger partial charge in [0.05, 0.1) is 34.0 Å². The Hall–Kier alpha value is -3.56. The summed E-state index contributed by atoms with van der Waals surface area (Å²) in [6, 6.07) is 7.41. The number of ether oxygens (including phenoxy) is 1. The number of aromatic amines is 1. The molecule has 4 rings (SSSR count). The van der Waals surface area contributed by atoms with Gasteiger partial charge >= 0.3 is 4.94 Å². The predicted octanol–water partition coefficient (Wildman–Crippen LogP) is 0.598. The number of aromatic carboxylic acids is 1. The van der Waals surface area contributed by atoms with Crippen molar-refractivity contribution < 1.29 is 19.1 Å². The first-order chi connectivity index (χ1) is 14.3. The number of benzene rings is 2. The fourth-order valence-electron chi connectivity index (χ4n) is 3.00. The van der Waals surface area contributed by atoms with E-state index in [4.69, 9.17) is 20.8 Å². The van der Waals surface area contributed by atoms with Crippen LogP contribution in [0.5, 0.6) is 5.75 Å². The van der Waals surface area contributed by atoms with Crippen molar-refractivity contribution in [3.05, 3.63) is 77.1 Å². The van der Waals surface area contributed by atoms with Gasteiger partial charge in [0, 0.05) is 10.6 Å². The molecule has 0 amide bonds. The van der Waals surface area contributed by atoms with Crippen molar-refractivity contribution in [2.24, 2.45) is 0 Å². The van der Waals surface area contributed by atoms with Crippen molar-refractivity contribution in [3.63, 3.8) is 0 Å². The Morgan fingerprint density at radius 1 is 1.33 bits per heavy atom. The van der Waals surface area contributed by atoms with E-state index in [0.717, 1.165) is 16.0 Å². The highest BCUT2D eigenvalue weighted by Gasteiger charge is 2.12. The number of hydrogen-bond acceptors (Lipinski definition) is 7. The summed E-state index contributed by atoms with van der Waals surface area (Å²) in [5.41, 5.74) is 0.496.